The van der Waals surface area contributed by atoms with Gasteiger partial charge in [0.05, 0.1) is 19.4 Å². The molecule has 0 heterocycles. The molecule has 2 N–H and O–H groups in total. The second-order valence-corrected chi connectivity index (χ2v) is 8.68. The highest BCUT2D eigenvalue weighted by Crippen LogP contribution is 2.30. The topological polar surface area (TPSA) is 72.0 Å². The fourth-order valence-electron chi connectivity index (χ4n) is 3.56. The lowest BCUT2D eigenvalue weighted by atomic mass is 10.1. The van der Waals surface area contributed by atoms with Gasteiger partial charge in [0.15, 0.2) is 11.5 Å². The number of carbonyl (C=O) groups is 1. The van der Waals surface area contributed by atoms with Crippen LogP contribution in [0.4, 0.5) is 5.69 Å². The largest absolute Gasteiger partial charge is 0.490 e. The van der Waals surface area contributed by atoms with Crippen LogP contribution >= 0.6 is 23.2 Å². The van der Waals surface area contributed by atoms with Crippen LogP contribution in [0.3, 0.4) is 0 Å². The highest BCUT2D eigenvalue weighted by Gasteiger charge is 2.09. The number of ether oxygens (including phenoxy) is 2. The van der Waals surface area contributed by atoms with Gasteiger partial charge in [-0.15, -0.1) is 0 Å². The normalized spacial score (nSPS) is 11.0. The number of hydrogen-bond donors (Lipinski definition) is 2. The molecule has 8 heteroatoms. The van der Waals surface area contributed by atoms with Crippen molar-refractivity contribution in [2.45, 2.75) is 13.5 Å². The number of fused-ring (bicyclic) bond motifs is 1. The molecule has 0 bridgehead atoms. The van der Waals surface area contributed by atoms with E-state index in [0.717, 1.165) is 27.6 Å². The van der Waals surface area contributed by atoms with Gasteiger partial charge in [0, 0.05) is 26.7 Å². The van der Waals surface area contributed by atoms with Crippen LogP contribution in [0.25, 0.3) is 10.8 Å². The molecule has 0 aliphatic carbocycles. The fraction of sp³-hybridized carbons (Fsp3) is 0.143. The SMILES string of the molecule is CCOc1cc(/C=N\NC(=O)CNc2cccc3ccccc23)ccc1OCc1ccc(Cl)cc1Cl. The molecule has 0 aliphatic rings. The van der Waals surface area contributed by atoms with Crippen molar-refractivity contribution in [2.24, 2.45) is 5.10 Å². The zero-order valence-electron chi connectivity index (χ0n) is 19.6. The third-order valence-electron chi connectivity index (χ3n) is 5.30. The van der Waals surface area contributed by atoms with Crippen LogP contribution in [-0.4, -0.2) is 25.3 Å². The average Bonchev–Trinajstić information content (AvgIpc) is 2.88. The van der Waals surface area contributed by atoms with Crippen LogP contribution in [0.5, 0.6) is 11.5 Å². The molecule has 0 aliphatic heterocycles. The van der Waals surface area contributed by atoms with Crippen LogP contribution in [-0.2, 0) is 11.4 Å². The van der Waals surface area contributed by atoms with Gasteiger partial charge in [-0.2, -0.15) is 5.10 Å². The number of nitrogens with one attached hydrogen (secondary N) is 2. The number of amides is 1. The number of halogens is 2. The lowest BCUT2D eigenvalue weighted by Gasteiger charge is -2.13. The van der Waals surface area contributed by atoms with E-state index in [4.69, 9.17) is 32.7 Å². The van der Waals surface area contributed by atoms with Crippen molar-refractivity contribution in [3.8, 4) is 11.5 Å². The molecule has 4 rings (SSSR count). The van der Waals surface area contributed by atoms with Crippen molar-refractivity contribution in [2.75, 3.05) is 18.5 Å². The molecule has 0 saturated heterocycles. The molecule has 0 aromatic heterocycles. The second kappa shape index (κ2) is 12.3. The van der Waals surface area contributed by atoms with E-state index in [1.54, 1.807) is 30.5 Å². The van der Waals surface area contributed by atoms with Gasteiger partial charge < -0.3 is 14.8 Å². The molecular weight excluding hydrogens is 497 g/mol. The molecule has 4 aromatic rings. The second-order valence-electron chi connectivity index (χ2n) is 7.84. The Morgan fingerprint density at radius 2 is 1.78 bits per heavy atom. The molecule has 4 aromatic carbocycles. The summed E-state index contributed by atoms with van der Waals surface area (Å²) in [5.41, 5.74) is 5.00. The van der Waals surface area contributed by atoms with Crippen molar-refractivity contribution in [1.29, 1.82) is 0 Å². The standard InChI is InChI=1S/C28H25Cl2N3O3/c1-2-35-27-14-19(10-13-26(27)36-18-21-11-12-22(29)15-24(21)30)16-32-33-28(34)17-31-25-9-5-7-20-6-3-4-8-23(20)25/h3-16,31H,2,17-18H2,1H3,(H,33,34)/b32-16-. The monoisotopic (exact) mass is 521 g/mol. The van der Waals surface area contributed by atoms with E-state index in [9.17, 15) is 4.79 Å². The summed E-state index contributed by atoms with van der Waals surface area (Å²) in [5, 5.41) is 10.5. The number of rotatable bonds is 10. The Bertz CT molecular complexity index is 1390. The zero-order chi connectivity index (χ0) is 25.3. The predicted molar refractivity (Wildman–Crippen MR) is 147 cm³/mol. The number of hydrazone groups is 1. The number of carbonyl (C=O) groups excluding carboxylic acids is 1. The molecule has 6 nitrogen and oxygen atoms in total. The van der Waals surface area contributed by atoms with E-state index in [1.165, 1.54) is 0 Å². The van der Waals surface area contributed by atoms with Crippen LogP contribution < -0.4 is 20.2 Å². The maximum Gasteiger partial charge on any atom is 0.259 e. The van der Waals surface area contributed by atoms with Gasteiger partial charge in [0.2, 0.25) is 0 Å². The highest BCUT2D eigenvalue weighted by molar-refractivity contribution is 6.35. The molecular formula is C28H25Cl2N3O3. The maximum atomic E-state index is 12.3. The summed E-state index contributed by atoms with van der Waals surface area (Å²) in [6.07, 6.45) is 1.55. The van der Waals surface area contributed by atoms with E-state index in [2.05, 4.69) is 15.8 Å². The van der Waals surface area contributed by atoms with Crippen LogP contribution in [0, 0.1) is 0 Å². The quantitative estimate of drug-likeness (QED) is 0.180. The Hall–Kier alpha value is -3.74. The fourth-order valence-corrected chi connectivity index (χ4v) is 4.02. The number of nitrogens with zero attached hydrogens (tertiary/aromatic N) is 1. The van der Waals surface area contributed by atoms with E-state index in [0.29, 0.717) is 28.2 Å². The van der Waals surface area contributed by atoms with Gasteiger partial charge in [-0.05, 0) is 54.3 Å². The van der Waals surface area contributed by atoms with Gasteiger partial charge in [-0.3, -0.25) is 4.79 Å². The minimum absolute atomic E-state index is 0.0928. The van der Waals surface area contributed by atoms with Crippen LogP contribution in [0.15, 0.2) is 84.0 Å². The number of hydrogen-bond acceptors (Lipinski definition) is 5. The van der Waals surface area contributed by atoms with Crippen molar-refractivity contribution in [1.82, 2.24) is 5.43 Å². The maximum absolute atomic E-state index is 12.3. The molecule has 1 amide bonds. The van der Waals surface area contributed by atoms with Crippen molar-refractivity contribution < 1.29 is 14.3 Å². The third kappa shape index (κ3) is 6.68. The van der Waals surface area contributed by atoms with E-state index >= 15 is 0 Å². The summed E-state index contributed by atoms with van der Waals surface area (Å²) >= 11 is 12.2. The first-order valence-electron chi connectivity index (χ1n) is 11.4. The number of anilines is 1. The summed E-state index contributed by atoms with van der Waals surface area (Å²) in [6.45, 7) is 2.72. The summed E-state index contributed by atoms with van der Waals surface area (Å²) in [7, 11) is 0. The summed E-state index contributed by atoms with van der Waals surface area (Å²) in [6, 6.07) is 24.6. The minimum Gasteiger partial charge on any atom is -0.490 e. The van der Waals surface area contributed by atoms with Gasteiger partial charge in [0.1, 0.15) is 6.61 Å². The van der Waals surface area contributed by atoms with Gasteiger partial charge in [-0.1, -0.05) is 65.7 Å². The summed E-state index contributed by atoms with van der Waals surface area (Å²) < 4.78 is 11.7. The van der Waals surface area contributed by atoms with Gasteiger partial charge in [-0.25, -0.2) is 5.43 Å². The molecule has 36 heavy (non-hydrogen) atoms. The van der Waals surface area contributed by atoms with E-state index in [-0.39, 0.29) is 19.1 Å². The molecule has 184 valence electrons. The van der Waals surface area contributed by atoms with Gasteiger partial charge in [0.25, 0.3) is 5.91 Å². The third-order valence-corrected chi connectivity index (χ3v) is 5.88. The van der Waals surface area contributed by atoms with Crippen molar-refractivity contribution in [3.63, 3.8) is 0 Å². The Balaban J connectivity index is 1.34. The first-order valence-corrected chi connectivity index (χ1v) is 12.2. The first kappa shape index (κ1) is 25.4. The zero-order valence-corrected chi connectivity index (χ0v) is 21.1. The Morgan fingerprint density at radius 3 is 2.61 bits per heavy atom. The summed E-state index contributed by atoms with van der Waals surface area (Å²) in [4.78, 5) is 12.3. The van der Waals surface area contributed by atoms with Crippen LogP contribution in [0.2, 0.25) is 10.0 Å². The Labute approximate surface area is 219 Å². The average molecular weight is 522 g/mol. The minimum atomic E-state index is -0.260. The molecule has 0 spiro atoms. The van der Waals surface area contributed by atoms with Crippen LogP contribution in [0.1, 0.15) is 18.1 Å². The summed E-state index contributed by atoms with van der Waals surface area (Å²) in [5.74, 6) is 0.878. The molecule has 0 unspecified atom stereocenters. The van der Waals surface area contributed by atoms with Crippen molar-refractivity contribution >= 4 is 51.8 Å². The Kier molecular flexibility index (Phi) is 8.66. The molecule has 0 atom stereocenters. The highest BCUT2D eigenvalue weighted by atomic mass is 35.5. The lowest BCUT2D eigenvalue weighted by molar-refractivity contribution is -0.119. The van der Waals surface area contributed by atoms with E-state index < -0.39 is 0 Å². The van der Waals surface area contributed by atoms with Crippen molar-refractivity contribution in [3.05, 3.63) is 100 Å². The van der Waals surface area contributed by atoms with Gasteiger partial charge >= 0.3 is 0 Å². The first-order chi connectivity index (χ1) is 17.5. The molecule has 0 radical (unpaired) electrons. The smallest absolute Gasteiger partial charge is 0.259 e. The Morgan fingerprint density at radius 1 is 0.944 bits per heavy atom. The van der Waals surface area contributed by atoms with E-state index in [1.807, 2.05) is 61.5 Å². The number of benzene rings is 4. The molecule has 0 fully saturated rings. The lowest BCUT2D eigenvalue weighted by Crippen LogP contribution is -2.25. The molecule has 0 saturated carbocycles. The predicted octanol–water partition coefficient (Wildman–Crippen LogP) is 6.69.